The van der Waals surface area contributed by atoms with Crippen molar-refractivity contribution in [1.82, 2.24) is 4.98 Å². The Balaban J connectivity index is 1.97. The molecule has 0 aliphatic carbocycles. The van der Waals surface area contributed by atoms with Crippen LogP contribution < -0.4 is 0 Å². The lowest BCUT2D eigenvalue weighted by Gasteiger charge is -2.00. The van der Waals surface area contributed by atoms with Crippen LogP contribution in [0.1, 0.15) is 11.3 Å². The van der Waals surface area contributed by atoms with E-state index in [-0.39, 0.29) is 0 Å². The van der Waals surface area contributed by atoms with E-state index in [1.807, 2.05) is 66.7 Å². The van der Waals surface area contributed by atoms with Crippen LogP contribution in [0.4, 0.5) is 0 Å². The third-order valence-corrected chi connectivity index (χ3v) is 3.59. The van der Waals surface area contributed by atoms with Crippen LogP contribution in [0.3, 0.4) is 0 Å². The van der Waals surface area contributed by atoms with Gasteiger partial charge in [-0.05, 0) is 35.9 Å². The first-order valence-electron chi connectivity index (χ1n) is 6.21. The smallest absolute Gasteiger partial charge is 0.0724 e. The Morgan fingerprint density at radius 3 is 2.50 bits per heavy atom. The zero-order chi connectivity index (χ0) is 13.9. The van der Waals surface area contributed by atoms with Gasteiger partial charge in [-0.25, -0.2) is 4.98 Å². The summed E-state index contributed by atoms with van der Waals surface area (Å²) < 4.78 is 0. The van der Waals surface area contributed by atoms with Crippen molar-refractivity contribution < 1.29 is 0 Å². The highest BCUT2D eigenvalue weighted by Crippen LogP contribution is 2.20. The molecule has 0 unspecified atom stereocenters. The van der Waals surface area contributed by atoms with E-state index in [2.05, 4.69) is 4.98 Å². The third-order valence-electron chi connectivity index (χ3n) is 3.01. The van der Waals surface area contributed by atoms with E-state index >= 15 is 0 Å². The minimum Gasteiger partial charge on any atom is -0.248 e. The van der Waals surface area contributed by atoms with Gasteiger partial charge in [-0.15, -0.1) is 0 Å². The lowest BCUT2D eigenvalue weighted by Crippen LogP contribution is -1.83. The number of hydrogen-bond acceptors (Lipinski definition) is 1. The maximum absolute atomic E-state index is 6.12. The number of hydrogen-bond donors (Lipinski definition) is 0. The summed E-state index contributed by atoms with van der Waals surface area (Å²) >= 11 is 12.1. The molecular weight excluding hydrogens is 289 g/mol. The van der Waals surface area contributed by atoms with Crippen molar-refractivity contribution in [3.63, 3.8) is 0 Å². The lowest BCUT2D eigenvalue weighted by atomic mass is 10.1. The number of benzene rings is 2. The molecule has 0 spiro atoms. The Kier molecular flexibility index (Phi) is 3.72. The van der Waals surface area contributed by atoms with Crippen molar-refractivity contribution in [2.24, 2.45) is 0 Å². The average molecular weight is 300 g/mol. The van der Waals surface area contributed by atoms with Crippen molar-refractivity contribution in [2.45, 2.75) is 0 Å². The van der Waals surface area contributed by atoms with Crippen molar-refractivity contribution in [3.8, 4) is 0 Å². The summed E-state index contributed by atoms with van der Waals surface area (Å²) in [6, 6.07) is 17.4. The van der Waals surface area contributed by atoms with E-state index in [1.54, 1.807) is 0 Å². The first-order valence-corrected chi connectivity index (χ1v) is 6.97. The molecule has 20 heavy (non-hydrogen) atoms. The molecule has 0 saturated heterocycles. The molecule has 0 fully saturated rings. The molecule has 0 aliphatic rings. The fourth-order valence-electron chi connectivity index (χ4n) is 1.98. The fourth-order valence-corrected chi connectivity index (χ4v) is 2.35. The predicted octanol–water partition coefficient (Wildman–Crippen LogP) is 5.71. The molecule has 1 aromatic heterocycles. The molecule has 3 heteroatoms. The largest absolute Gasteiger partial charge is 0.248 e. The van der Waals surface area contributed by atoms with Crippen LogP contribution in [-0.2, 0) is 0 Å². The second-order valence-corrected chi connectivity index (χ2v) is 5.27. The topological polar surface area (TPSA) is 12.9 Å². The Labute approximate surface area is 127 Å². The van der Waals surface area contributed by atoms with Gasteiger partial charge < -0.3 is 0 Å². The normalized spacial score (nSPS) is 11.3. The summed E-state index contributed by atoms with van der Waals surface area (Å²) in [6.07, 6.45) is 3.91. The number of nitrogens with zero attached hydrogens (tertiary/aromatic N) is 1. The molecule has 0 atom stereocenters. The van der Waals surface area contributed by atoms with Gasteiger partial charge in [-0.1, -0.05) is 59.6 Å². The predicted molar refractivity (Wildman–Crippen MR) is 87.1 cm³/mol. The second kappa shape index (κ2) is 5.66. The van der Waals surface area contributed by atoms with Crippen molar-refractivity contribution >= 4 is 46.3 Å². The molecule has 2 aromatic carbocycles. The minimum absolute atomic E-state index is 0.692. The number of halogens is 2. The average Bonchev–Trinajstić information content (AvgIpc) is 2.46. The molecule has 1 heterocycles. The van der Waals surface area contributed by atoms with Gasteiger partial charge in [0.25, 0.3) is 0 Å². The van der Waals surface area contributed by atoms with Gasteiger partial charge in [0.2, 0.25) is 0 Å². The summed E-state index contributed by atoms with van der Waals surface area (Å²) in [5, 5.41) is 2.49. The summed E-state index contributed by atoms with van der Waals surface area (Å²) in [5.74, 6) is 0. The molecule has 3 rings (SSSR count). The zero-order valence-electron chi connectivity index (χ0n) is 10.6. The Bertz CT molecular complexity index is 794. The van der Waals surface area contributed by atoms with Crippen LogP contribution in [0.5, 0.6) is 0 Å². The highest BCUT2D eigenvalue weighted by atomic mass is 35.5. The van der Waals surface area contributed by atoms with Crippen LogP contribution in [0.25, 0.3) is 23.1 Å². The van der Waals surface area contributed by atoms with E-state index in [9.17, 15) is 0 Å². The monoisotopic (exact) mass is 299 g/mol. The van der Waals surface area contributed by atoms with Gasteiger partial charge >= 0.3 is 0 Å². The van der Waals surface area contributed by atoms with Crippen molar-refractivity contribution in [1.29, 1.82) is 0 Å². The van der Waals surface area contributed by atoms with Crippen LogP contribution in [0.15, 0.2) is 54.6 Å². The maximum atomic E-state index is 6.12. The molecule has 0 bridgehead atoms. The highest BCUT2D eigenvalue weighted by molar-refractivity contribution is 6.32. The lowest BCUT2D eigenvalue weighted by molar-refractivity contribution is 1.37. The SMILES string of the molecule is Clc1ccc2ccc(/C=C/c3ccccc3Cl)nc2c1. The van der Waals surface area contributed by atoms with Crippen LogP contribution in [0, 0.1) is 0 Å². The van der Waals surface area contributed by atoms with Gasteiger partial charge in [0.15, 0.2) is 0 Å². The van der Waals surface area contributed by atoms with E-state index in [0.29, 0.717) is 5.02 Å². The number of fused-ring (bicyclic) bond motifs is 1. The third kappa shape index (κ3) is 2.84. The van der Waals surface area contributed by atoms with Crippen molar-refractivity contribution in [3.05, 3.63) is 75.9 Å². The molecule has 0 radical (unpaired) electrons. The van der Waals surface area contributed by atoms with Gasteiger partial charge in [-0.3, -0.25) is 0 Å². The number of rotatable bonds is 2. The van der Waals surface area contributed by atoms with E-state index in [0.717, 1.165) is 27.2 Å². The Morgan fingerprint density at radius 1 is 0.850 bits per heavy atom. The first-order chi connectivity index (χ1) is 9.72. The van der Waals surface area contributed by atoms with E-state index in [4.69, 9.17) is 23.2 Å². The molecule has 1 nitrogen and oxygen atoms in total. The second-order valence-electron chi connectivity index (χ2n) is 4.43. The van der Waals surface area contributed by atoms with Crippen LogP contribution in [0.2, 0.25) is 10.0 Å². The first kappa shape index (κ1) is 13.2. The summed E-state index contributed by atoms with van der Waals surface area (Å²) in [6.45, 7) is 0. The molecule has 0 N–H and O–H groups in total. The maximum Gasteiger partial charge on any atom is 0.0724 e. The van der Waals surface area contributed by atoms with E-state index < -0.39 is 0 Å². The molecule has 3 aromatic rings. The molecular formula is C17H11Cl2N. The fraction of sp³-hybridized carbons (Fsp3) is 0. The molecule has 0 saturated carbocycles. The molecule has 0 aliphatic heterocycles. The quantitative estimate of drug-likeness (QED) is 0.590. The van der Waals surface area contributed by atoms with Gasteiger partial charge in [0.1, 0.15) is 0 Å². The summed E-state index contributed by atoms with van der Waals surface area (Å²) in [5.41, 5.74) is 2.74. The number of aromatic nitrogens is 1. The highest BCUT2D eigenvalue weighted by Gasteiger charge is 1.98. The van der Waals surface area contributed by atoms with Crippen molar-refractivity contribution in [2.75, 3.05) is 0 Å². The van der Waals surface area contributed by atoms with Crippen LogP contribution >= 0.6 is 23.2 Å². The molecule has 0 amide bonds. The summed E-state index contributed by atoms with van der Waals surface area (Å²) in [7, 11) is 0. The Hall–Kier alpha value is -1.83. The Morgan fingerprint density at radius 2 is 1.65 bits per heavy atom. The van der Waals surface area contributed by atoms with Gasteiger partial charge in [-0.2, -0.15) is 0 Å². The zero-order valence-corrected chi connectivity index (χ0v) is 12.1. The number of pyridine rings is 1. The minimum atomic E-state index is 0.692. The van der Waals surface area contributed by atoms with Crippen LogP contribution in [-0.4, -0.2) is 4.98 Å². The van der Waals surface area contributed by atoms with Gasteiger partial charge in [0, 0.05) is 15.4 Å². The van der Waals surface area contributed by atoms with E-state index in [1.165, 1.54) is 0 Å². The van der Waals surface area contributed by atoms with Gasteiger partial charge in [0.05, 0.1) is 11.2 Å². The summed E-state index contributed by atoms with van der Waals surface area (Å²) in [4.78, 5) is 4.57. The molecule has 98 valence electrons. The standard InChI is InChI=1S/C17H11Cl2N/c18-14-8-5-13-7-10-15(20-17(13)11-14)9-6-12-3-1-2-4-16(12)19/h1-11H/b9-6+.